The Morgan fingerprint density at radius 3 is 2.40 bits per heavy atom. The zero-order valence-electron chi connectivity index (χ0n) is 14.8. The van der Waals surface area contributed by atoms with Crippen LogP contribution in [0.5, 0.6) is 0 Å². The average molecular weight is 402 g/mol. The van der Waals surface area contributed by atoms with Gasteiger partial charge in [-0.15, -0.1) is 0 Å². The summed E-state index contributed by atoms with van der Waals surface area (Å²) in [5, 5.41) is 3.48. The van der Waals surface area contributed by atoms with Crippen molar-refractivity contribution in [3.63, 3.8) is 0 Å². The summed E-state index contributed by atoms with van der Waals surface area (Å²) in [6.45, 7) is 3.98. The van der Waals surface area contributed by atoms with Crippen LogP contribution >= 0.6 is 15.9 Å². The molecule has 25 heavy (non-hydrogen) atoms. The monoisotopic (exact) mass is 401 g/mol. The van der Waals surface area contributed by atoms with Crippen LogP contribution in [0.2, 0.25) is 0 Å². The molecular formula is C20H24BrN3O. The van der Waals surface area contributed by atoms with Gasteiger partial charge in [-0.05, 0) is 97.7 Å². The normalized spacial score (nSPS) is 33.2. The Kier molecular flexibility index (Phi) is 3.38. The first-order valence-corrected chi connectivity index (χ1v) is 10.2. The lowest BCUT2D eigenvalue weighted by Crippen LogP contribution is -2.60. The fraction of sp³-hybridized carbons (Fsp3) is 0.600. The van der Waals surface area contributed by atoms with Crippen LogP contribution < -0.4 is 5.32 Å². The summed E-state index contributed by atoms with van der Waals surface area (Å²) in [5.41, 5.74) is 3.45. The van der Waals surface area contributed by atoms with Gasteiger partial charge in [0, 0.05) is 11.7 Å². The zero-order chi connectivity index (χ0) is 17.3. The lowest BCUT2D eigenvalue weighted by molar-refractivity contribution is -0.0168. The van der Waals surface area contributed by atoms with Crippen molar-refractivity contribution < 1.29 is 4.79 Å². The molecular weight excluding hydrogens is 378 g/mol. The number of aromatic nitrogens is 2. The molecule has 6 rings (SSSR count). The SMILES string of the molecule is Cc1cc(Br)c2nc(C)c(C(=O)NC34CC5CC(CC(C5)C3)C4)n2c1. The number of pyridine rings is 1. The topological polar surface area (TPSA) is 46.4 Å². The van der Waals surface area contributed by atoms with E-state index in [9.17, 15) is 4.79 Å². The van der Waals surface area contributed by atoms with E-state index in [1.165, 1.54) is 38.5 Å². The van der Waals surface area contributed by atoms with E-state index in [2.05, 4.69) is 26.2 Å². The highest BCUT2D eigenvalue weighted by Gasteiger charge is 2.51. The maximum Gasteiger partial charge on any atom is 0.270 e. The third kappa shape index (κ3) is 2.46. The van der Waals surface area contributed by atoms with Gasteiger partial charge in [-0.2, -0.15) is 0 Å². The number of halogens is 1. The van der Waals surface area contributed by atoms with Gasteiger partial charge in [0.15, 0.2) is 5.65 Å². The van der Waals surface area contributed by atoms with Gasteiger partial charge in [0.05, 0.1) is 10.2 Å². The van der Waals surface area contributed by atoms with E-state index < -0.39 is 0 Å². The largest absolute Gasteiger partial charge is 0.345 e. The van der Waals surface area contributed by atoms with E-state index in [0.29, 0.717) is 5.69 Å². The molecule has 0 saturated heterocycles. The van der Waals surface area contributed by atoms with Crippen LogP contribution in [0.25, 0.3) is 5.65 Å². The van der Waals surface area contributed by atoms with Crippen molar-refractivity contribution in [2.45, 2.75) is 57.9 Å². The number of nitrogens with zero attached hydrogens (tertiary/aromatic N) is 2. The second-order valence-electron chi connectivity index (χ2n) is 8.76. The van der Waals surface area contributed by atoms with Crippen LogP contribution in [-0.2, 0) is 0 Å². The lowest BCUT2D eigenvalue weighted by Gasteiger charge is -2.56. The molecule has 1 amide bonds. The maximum atomic E-state index is 13.3. The molecule has 2 heterocycles. The van der Waals surface area contributed by atoms with Crippen LogP contribution in [0.1, 0.15) is 60.3 Å². The maximum absolute atomic E-state index is 13.3. The molecule has 5 heteroatoms. The van der Waals surface area contributed by atoms with Gasteiger partial charge in [-0.25, -0.2) is 4.98 Å². The molecule has 4 saturated carbocycles. The van der Waals surface area contributed by atoms with Crippen molar-refractivity contribution in [1.82, 2.24) is 14.7 Å². The van der Waals surface area contributed by atoms with Crippen molar-refractivity contribution in [1.29, 1.82) is 0 Å². The molecule has 0 unspecified atom stereocenters. The second kappa shape index (κ2) is 5.32. The molecule has 0 aromatic carbocycles. The predicted molar refractivity (Wildman–Crippen MR) is 101 cm³/mol. The minimum Gasteiger partial charge on any atom is -0.345 e. The van der Waals surface area contributed by atoms with Gasteiger partial charge in [0.2, 0.25) is 0 Å². The number of amides is 1. The van der Waals surface area contributed by atoms with E-state index >= 15 is 0 Å². The Morgan fingerprint density at radius 2 is 1.80 bits per heavy atom. The van der Waals surface area contributed by atoms with Crippen molar-refractivity contribution in [3.05, 3.63) is 33.7 Å². The summed E-state index contributed by atoms with van der Waals surface area (Å²) in [6.07, 6.45) is 9.67. The quantitative estimate of drug-likeness (QED) is 0.809. The van der Waals surface area contributed by atoms with Gasteiger partial charge in [0.25, 0.3) is 5.91 Å². The fourth-order valence-electron chi connectivity index (χ4n) is 6.18. The number of carbonyl (C=O) groups is 1. The van der Waals surface area contributed by atoms with Gasteiger partial charge in [0.1, 0.15) is 5.69 Å². The summed E-state index contributed by atoms with van der Waals surface area (Å²) in [7, 11) is 0. The Hall–Kier alpha value is -1.36. The molecule has 1 N–H and O–H groups in total. The molecule has 4 fully saturated rings. The lowest BCUT2D eigenvalue weighted by atomic mass is 9.53. The summed E-state index contributed by atoms with van der Waals surface area (Å²) in [6, 6.07) is 2.04. The predicted octanol–water partition coefficient (Wildman–Crippen LogP) is 4.41. The molecule has 2 aromatic heterocycles. The molecule has 0 atom stereocenters. The smallest absolute Gasteiger partial charge is 0.270 e. The Balaban J connectivity index is 1.51. The van der Waals surface area contributed by atoms with Gasteiger partial charge >= 0.3 is 0 Å². The minimum atomic E-state index is 0.0312. The van der Waals surface area contributed by atoms with Gasteiger partial charge in [-0.1, -0.05) is 0 Å². The van der Waals surface area contributed by atoms with E-state index in [1.54, 1.807) is 0 Å². The molecule has 4 bridgehead atoms. The van der Waals surface area contributed by atoms with Crippen LogP contribution in [0.15, 0.2) is 16.7 Å². The van der Waals surface area contributed by atoms with Crippen LogP contribution in [0.4, 0.5) is 0 Å². The van der Waals surface area contributed by atoms with Crippen LogP contribution in [0, 0.1) is 31.6 Å². The fourth-order valence-corrected chi connectivity index (χ4v) is 6.82. The van der Waals surface area contributed by atoms with Crippen molar-refractivity contribution in [2.24, 2.45) is 17.8 Å². The highest BCUT2D eigenvalue weighted by atomic mass is 79.9. The number of hydrogen-bond acceptors (Lipinski definition) is 2. The number of nitrogens with one attached hydrogen (secondary N) is 1. The first kappa shape index (κ1) is 15.9. The standard InChI is InChI=1S/C20H24BrN3O/c1-11-3-16(21)18-22-12(2)17(24(18)10-11)19(25)23-20-7-13-4-14(8-20)6-15(5-13)9-20/h3,10,13-15H,4-9H2,1-2H3,(H,23,25). The number of hydrogen-bond donors (Lipinski definition) is 1. The van der Waals surface area contributed by atoms with Gasteiger partial charge in [-0.3, -0.25) is 9.20 Å². The average Bonchev–Trinajstić information content (AvgIpc) is 2.81. The van der Waals surface area contributed by atoms with Gasteiger partial charge < -0.3 is 5.32 Å². The van der Waals surface area contributed by atoms with Crippen molar-refractivity contribution in [3.8, 4) is 0 Å². The zero-order valence-corrected chi connectivity index (χ0v) is 16.4. The van der Waals surface area contributed by atoms with E-state index in [-0.39, 0.29) is 11.4 Å². The first-order valence-electron chi connectivity index (χ1n) is 9.40. The molecule has 0 aliphatic heterocycles. The number of carbonyl (C=O) groups excluding carboxylic acids is 1. The molecule has 0 radical (unpaired) electrons. The van der Waals surface area contributed by atoms with E-state index in [0.717, 1.165) is 39.1 Å². The first-order chi connectivity index (χ1) is 11.9. The van der Waals surface area contributed by atoms with E-state index in [1.807, 2.05) is 30.5 Å². The second-order valence-corrected chi connectivity index (χ2v) is 9.61. The van der Waals surface area contributed by atoms with Crippen LogP contribution in [-0.4, -0.2) is 20.8 Å². The molecule has 4 nitrogen and oxygen atoms in total. The third-order valence-electron chi connectivity index (χ3n) is 6.62. The summed E-state index contributed by atoms with van der Waals surface area (Å²) in [4.78, 5) is 17.9. The molecule has 0 spiro atoms. The minimum absolute atomic E-state index is 0.0312. The highest BCUT2D eigenvalue weighted by molar-refractivity contribution is 9.10. The Bertz CT molecular complexity index is 849. The number of aryl methyl sites for hydroxylation is 2. The highest BCUT2D eigenvalue weighted by Crippen LogP contribution is 2.55. The Morgan fingerprint density at radius 1 is 1.20 bits per heavy atom. The number of imidazole rings is 1. The summed E-state index contributed by atoms with van der Waals surface area (Å²) >= 11 is 3.58. The van der Waals surface area contributed by atoms with E-state index in [4.69, 9.17) is 0 Å². The molecule has 2 aromatic rings. The molecule has 4 aliphatic rings. The summed E-state index contributed by atoms with van der Waals surface area (Å²) in [5.74, 6) is 2.52. The summed E-state index contributed by atoms with van der Waals surface area (Å²) < 4.78 is 2.88. The van der Waals surface area contributed by atoms with Crippen molar-refractivity contribution >= 4 is 27.5 Å². The van der Waals surface area contributed by atoms with Crippen LogP contribution in [0.3, 0.4) is 0 Å². The molecule has 4 aliphatic carbocycles. The third-order valence-corrected chi connectivity index (χ3v) is 7.20. The van der Waals surface area contributed by atoms with Crippen molar-refractivity contribution in [2.75, 3.05) is 0 Å². The number of fused-ring (bicyclic) bond motifs is 1. The molecule has 132 valence electrons. The number of rotatable bonds is 2. The Labute approximate surface area is 156 Å².